The van der Waals surface area contributed by atoms with E-state index in [9.17, 15) is 0 Å². The highest BCUT2D eigenvalue weighted by Crippen LogP contribution is 2.13. The van der Waals surface area contributed by atoms with E-state index in [0.29, 0.717) is 0 Å². The molecule has 1 heteroatoms. The van der Waals surface area contributed by atoms with Crippen LogP contribution in [0.5, 0.6) is 0 Å². The van der Waals surface area contributed by atoms with Crippen LogP contribution in [0.1, 0.15) is 13.3 Å². The highest BCUT2D eigenvalue weighted by Gasteiger charge is 2.01. The van der Waals surface area contributed by atoms with Crippen molar-refractivity contribution in [1.29, 1.82) is 0 Å². The van der Waals surface area contributed by atoms with Gasteiger partial charge in [-0.2, -0.15) is 0 Å². The Hall–Kier alpha value is -0.720. The summed E-state index contributed by atoms with van der Waals surface area (Å²) in [4.78, 5) is 0. The molecule has 0 atom stereocenters. The molecule has 0 amide bonds. The smallest absolute Gasteiger partial charge is 0.161 e. The molecule has 0 spiro atoms. The fraction of sp³-hybridized carbons (Fsp3) is 0.333. The van der Waals surface area contributed by atoms with Gasteiger partial charge in [-0.15, -0.1) is 0 Å². The molecule has 0 radical (unpaired) electrons. The van der Waals surface area contributed by atoms with E-state index in [1.54, 1.807) is 6.26 Å². The highest BCUT2D eigenvalue weighted by molar-refractivity contribution is 5.18. The zero-order valence-electron chi connectivity index (χ0n) is 4.35. The van der Waals surface area contributed by atoms with E-state index < -0.39 is 0 Å². The Kier molecular flexibility index (Phi) is 1.16. The van der Waals surface area contributed by atoms with E-state index in [0.717, 1.165) is 12.2 Å². The Labute approximate surface area is 43.3 Å². The Morgan fingerprint density at radius 3 is 3.00 bits per heavy atom. The van der Waals surface area contributed by atoms with Crippen LogP contribution in [-0.2, 0) is 4.74 Å². The molecular formula is C6H8O. The molecule has 0 saturated heterocycles. The van der Waals surface area contributed by atoms with Gasteiger partial charge in [0, 0.05) is 0 Å². The van der Waals surface area contributed by atoms with E-state index in [-0.39, 0.29) is 0 Å². The van der Waals surface area contributed by atoms with Gasteiger partial charge in [0.25, 0.3) is 0 Å². The van der Waals surface area contributed by atoms with Crippen molar-refractivity contribution < 1.29 is 4.74 Å². The minimum absolute atomic E-state index is 1.00. The molecule has 0 aliphatic carbocycles. The van der Waals surface area contributed by atoms with Crippen LogP contribution in [0.25, 0.3) is 0 Å². The fourth-order valence-electron chi connectivity index (χ4n) is 0.347. The standard InChI is InChI=1S/C6H8O/c1-2-3-4-6-5-7-6/h3-5H,2H2,1H3. The third kappa shape index (κ3) is 1.44. The first-order chi connectivity index (χ1) is 3.43. The molecule has 0 aromatic rings. The summed E-state index contributed by atoms with van der Waals surface area (Å²) in [5, 5.41) is 0. The third-order valence-corrected chi connectivity index (χ3v) is 0.772. The number of rotatable bonds is 2. The Morgan fingerprint density at radius 2 is 2.57 bits per heavy atom. The molecule has 0 N–H and O–H groups in total. The van der Waals surface area contributed by atoms with Crippen LogP contribution in [0.2, 0.25) is 0 Å². The lowest BCUT2D eigenvalue weighted by Gasteiger charge is -1.70. The quantitative estimate of drug-likeness (QED) is 0.511. The largest absolute Gasteiger partial charge is 0.458 e. The van der Waals surface area contributed by atoms with Crippen LogP contribution < -0.4 is 0 Å². The summed E-state index contributed by atoms with van der Waals surface area (Å²) < 4.78 is 4.72. The van der Waals surface area contributed by atoms with Gasteiger partial charge in [-0.25, -0.2) is 0 Å². The van der Waals surface area contributed by atoms with Crippen molar-refractivity contribution in [2.45, 2.75) is 13.3 Å². The maximum atomic E-state index is 4.72. The molecule has 1 rings (SSSR count). The maximum Gasteiger partial charge on any atom is 0.161 e. The highest BCUT2D eigenvalue weighted by atomic mass is 16.5. The first kappa shape index (κ1) is 4.44. The first-order valence-electron chi connectivity index (χ1n) is 2.47. The number of ether oxygens (including phenoxy) is 1. The maximum absolute atomic E-state index is 4.72. The van der Waals surface area contributed by atoms with E-state index >= 15 is 0 Å². The Balaban J connectivity index is 2.18. The van der Waals surface area contributed by atoms with Gasteiger partial charge in [0.2, 0.25) is 0 Å². The average Bonchev–Trinajstić information content (AvgIpc) is 2.42. The summed E-state index contributed by atoms with van der Waals surface area (Å²) in [5.74, 6) is 1.00. The molecule has 0 aromatic heterocycles. The molecule has 7 heavy (non-hydrogen) atoms. The van der Waals surface area contributed by atoms with Crippen LogP contribution in [0.3, 0.4) is 0 Å². The van der Waals surface area contributed by atoms with Gasteiger partial charge in [0.05, 0.1) is 0 Å². The fourth-order valence-corrected chi connectivity index (χ4v) is 0.347. The minimum Gasteiger partial charge on any atom is -0.458 e. The van der Waals surface area contributed by atoms with Crippen molar-refractivity contribution in [2.75, 3.05) is 0 Å². The summed E-state index contributed by atoms with van der Waals surface area (Å²) in [5.41, 5.74) is 0. The zero-order valence-corrected chi connectivity index (χ0v) is 4.35. The van der Waals surface area contributed by atoms with Gasteiger partial charge < -0.3 is 4.74 Å². The van der Waals surface area contributed by atoms with E-state index in [1.807, 2.05) is 6.08 Å². The van der Waals surface area contributed by atoms with Crippen molar-refractivity contribution in [3.05, 3.63) is 24.2 Å². The van der Waals surface area contributed by atoms with Crippen LogP contribution >= 0.6 is 0 Å². The molecule has 1 aliphatic rings. The summed E-state index contributed by atoms with van der Waals surface area (Å²) in [6.07, 6.45) is 6.85. The monoisotopic (exact) mass is 96.1 g/mol. The van der Waals surface area contributed by atoms with Crippen molar-refractivity contribution in [3.8, 4) is 0 Å². The van der Waals surface area contributed by atoms with Crippen LogP contribution in [0.15, 0.2) is 24.2 Å². The summed E-state index contributed by atoms with van der Waals surface area (Å²) in [6, 6.07) is 0. The molecule has 1 nitrogen and oxygen atoms in total. The first-order valence-corrected chi connectivity index (χ1v) is 2.47. The second kappa shape index (κ2) is 1.82. The minimum atomic E-state index is 1.00. The second-order valence-electron chi connectivity index (χ2n) is 1.45. The Morgan fingerprint density at radius 1 is 1.86 bits per heavy atom. The molecule has 38 valence electrons. The molecule has 0 bridgehead atoms. The van der Waals surface area contributed by atoms with Gasteiger partial charge in [0.15, 0.2) is 5.76 Å². The predicted octanol–water partition coefficient (Wildman–Crippen LogP) is 1.82. The predicted molar refractivity (Wildman–Crippen MR) is 28.6 cm³/mol. The number of hydrogen-bond donors (Lipinski definition) is 0. The van der Waals surface area contributed by atoms with Crippen molar-refractivity contribution in [2.24, 2.45) is 0 Å². The summed E-state index contributed by atoms with van der Waals surface area (Å²) >= 11 is 0. The Bertz CT molecular complexity index is 111. The van der Waals surface area contributed by atoms with Gasteiger partial charge in [-0.1, -0.05) is 13.0 Å². The number of allylic oxidation sites excluding steroid dienone is 2. The number of hydrogen-bond acceptors (Lipinski definition) is 1. The van der Waals surface area contributed by atoms with E-state index in [4.69, 9.17) is 4.74 Å². The van der Waals surface area contributed by atoms with Crippen LogP contribution in [0, 0.1) is 0 Å². The average molecular weight is 96.1 g/mol. The molecule has 1 heterocycles. The molecule has 0 saturated carbocycles. The SMILES string of the molecule is CCC=CC1=CO1. The van der Waals surface area contributed by atoms with Gasteiger partial charge >= 0.3 is 0 Å². The van der Waals surface area contributed by atoms with E-state index in [2.05, 4.69) is 13.0 Å². The summed E-state index contributed by atoms with van der Waals surface area (Å²) in [6.45, 7) is 2.10. The second-order valence-corrected chi connectivity index (χ2v) is 1.45. The zero-order chi connectivity index (χ0) is 5.11. The van der Waals surface area contributed by atoms with Gasteiger partial charge in [-0.3, -0.25) is 0 Å². The molecule has 0 fully saturated rings. The van der Waals surface area contributed by atoms with Crippen LogP contribution in [-0.4, -0.2) is 0 Å². The lowest BCUT2D eigenvalue weighted by molar-refractivity contribution is 0.515. The normalized spacial score (nSPS) is 16.4. The van der Waals surface area contributed by atoms with Crippen molar-refractivity contribution in [1.82, 2.24) is 0 Å². The van der Waals surface area contributed by atoms with Gasteiger partial charge in [0.1, 0.15) is 6.26 Å². The lowest BCUT2D eigenvalue weighted by atomic mass is 10.4. The molecule has 1 aliphatic heterocycles. The van der Waals surface area contributed by atoms with Crippen molar-refractivity contribution >= 4 is 0 Å². The molecule has 0 unspecified atom stereocenters. The summed E-state index contributed by atoms with van der Waals surface area (Å²) in [7, 11) is 0. The molecular weight excluding hydrogens is 88.1 g/mol. The van der Waals surface area contributed by atoms with E-state index in [1.165, 1.54) is 0 Å². The third-order valence-electron chi connectivity index (χ3n) is 0.772. The van der Waals surface area contributed by atoms with Crippen LogP contribution in [0.4, 0.5) is 0 Å². The van der Waals surface area contributed by atoms with Crippen molar-refractivity contribution in [3.63, 3.8) is 0 Å². The lowest BCUT2D eigenvalue weighted by Crippen LogP contribution is -1.52. The molecule has 0 aromatic carbocycles. The van der Waals surface area contributed by atoms with Gasteiger partial charge in [-0.05, 0) is 12.5 Å². The topological polar surface area (TPSA) is 12.5 Å².